The summed E-state index contributed by atoms with van der Waals surface area (Å²) in [5.74, 6) is -0.200. The van der Waals surface area contributed by atoms with Crippen LogP contribution in [0.4, 0.5) is 11.4 Å². The number of nitro benzene ring substituents is 1. The third kappa shape index (κ3) is 3.91. The van der Waals surface area contributed by atoms with Gasteiger partial charge in [-0.1, -0.05) is 0 Å². The predicted octanol–water partition coefficient (Wildman–Crippen LogP) is 2.22. The van der Waals surface area contributed by atoms with Crippen LogP contribution in [0.5, 0.6) is 0 Å². The Morgan fingerprint density at radius 2 is 2.38 bits per heavy atom. The lowest BCUT2D eigenvalue weighted by Gasteiger charge is -2.22. The third-order valence-corrected chi connectivity index (χ3v) is 3.45. The van der Waals surface area contributed by atoms with Crippen molar-refractivity contribution >= 4 is 17.3 Å². The van der Waals surface area contributed by atoms with Crippen LogP contribution in [0.15, 0.2) is 18.2 Å². The molecule has 21 heavy (non-hydrogen) atoms. The van der Waals surface area contributed by atoms with Gasteiger partial charge in [-0.25, -0.2) is 4.79 Å². The van der Waals surface area contributed by atoms with E-state index in [1.54, 1.807) is 0 Å². The molecule has 0 aliphatic carbocycles. The summed E-state index contributed by atoms with van der Waals surface area (Å²) in [7, 11) is 1.27. The van der Waals surface area contributed by atoms with E-state index in [0.717, 1.165) is 19.4 Å². The second-order valence-electron chi connectivity index (χ2n) is 4.94. The van der Waals surface area contributed by atoms with Gasteiger partial charge in [-0.05, 0) is 30.9 Å². The van der Waals surface area contributed by atoms with Crippen molar-refractivity contribution in [2.45, 2.75) is 12.8 Å². The van der Waals surface area contributed by atoms with Crippen molar-refractivity contribution in [3.63, 3.8) is 0 Å². The molecule has 0 radical (unpaired) electrons. The lowest BCUT2D eigenvalue weighted by Crippen LogP contribution is -2.24. The Labute approximate surface area is 122 Å². The van der Waals surface area contributed by atoms with E-state index in [1.807, 2.05) is 0 Å². The average Bonchev–Trinajstić information content (AvgIpc) is 2.52. The van der Waals surface area contributed by atoms with Gasteiger partial charge in [-0.3, -0.25) is 10.1 Å². The lowest BCUT2D eigenvalue weighted by atomic mass is 10.0. The van der Waals surface area contributed by atoms with Gasteiger partial charge in [0.2, 0.25) is 0 Å². The number of carbonyl (C=O) groups is 1. The Morgan fingerprint density at radius 1 is 1.57 bits per heavy atom. The minimum atomic E-state index is -0.519. The number of hydrogen-bond donors (Lipinski definition) is 1. The van der Waals surface area contributed by atoms with Gasteiger partial charge >= 0.3 is 5.97 Å². The molecule has 1 N–H and O–H groups in total. The van der Waals surface area contributed by atoms with E-state index in [9.17, 15) is 14.9 Å². The van der Waals surface area contributed by atoms with Gasteiger partial charge in [0.05, 0.1) is 24.2 Å². The molecule has 0 bridgehead atoms. The molecule has 0 spiro atoms. The van der Waals surface area contributed by atoms with Crippen molar-refractivity contribution in [1.29, 1.82) is 0 Å². The van der Waals surface area contributed by atoms with Crippen LogP contribution in [0.2, 0.25) is 0 Å². The molecule has 1 aromatic carbocycles. The summed E-state index contributed by atoms with van der Waals surface area (Å²) >= 11 is 0. The van der Waals surface area contributed by atoms with Crippen molar-refractivity contribution in [2.24, 2.45) is 5.92 Å². The number of esters is 1. The van der Waals surface area contributed by atoms with Crippen LogP contribution >= 0.6 is 0 Å². The number of anilines is 1. The van der Waals surface area contributed by atoms with E-state index >= 15 is 0 Å². The Hall–Kier alpha value is -2.15. The largest absolute Gasteiger partial charge is 0.465 e. The monoisotopic (exact) mass is 294 g/mol. The van der Waals surface area contributed by atoms with E-state index in [2.05, 4.69) is 10.1 Å². The normalized spacial score (nSPS) is 18.0. The summed E-state index contributed by atoms with van der Waals surface area (Å²) in [5.41, 5.74) is 0.554. The molecule has 1 atom stereocenters. The standard InChI is InChI=1S/C14H18N2O5/c1-20-14(17)11-4-5-13(16(18)19)12(7-11)15-8-10-3-2-6-21-9-10/h4-5,7,10,15H,2-3,6,8-9H2,1H3. The van der Waals surface area contributed by atoms with Gasteiger partial charge in [0.15, 0.2) is 0 Å². The summed E-state index contributed by atoms with van der Waals surface area (Å²) in [5, 5.41) is 14.1. The molecule has 1 fully saturated rings. The van der Waals surface area contributed by atoms with E-state index < -0.39 is 10.9 Å². The molecule has 114 valence electrons. The molecule has 7 heteroatoms. The summed E-state index contributed by atoms with van der Waals surface area (Å²) in [6, 6.07) is 4.15. The van der Waals surface area contributed by atoms with Crippen LogP contribution in [0, 0.1) is 16.0 Å². The Balaban J connectivity index is 2.13. The van der Waals surface area contributed by atoms with E-state index in [4.69, 9.17) is 4.74 Å². The number of hydrogen-bond acceptors (Lipinski definition) is 6. The maximum atomic E-state index is 11.5. The lowest BCUT2D eigenvalue weighted by molar-refractivity contribution is -0.384. The molecule has 0 aromatic heterocycles. The summed E-state index contributed by atoms with van der Waals surface area (Å²) in [6.07, 6.45) is 2.02. The van der Waals surface area contributed by atoms with E-state index in [-0.39, 0.29) is 11.3 Å². The highest BCUT2D eigenvalue weighted by Gasteiger charge is 2.19. The van der Waals surface area contributed by atoms with Crippen LogP contribution in [0.3, 0.4) is 0 Å². The number of rotatable bonds is 5. The Kier molecular flexibility index (Phi) is 5.10. The molecule has 1 aliphatic rings. The Morgan fingerprint density at radius 3 is 3.00 bits per heavy atom. The Bertz CT molecular complexity index is 526. The minimum Gasteiger partial charge on any atom is -0.465 e. The van der Waals surface area contributed by atoms with Crippen molar-refractivity contribution in [1.82, 2.24) is 0 Å². The number of methoxy groups -OCH3 is 1. The average molecular weight is 294 g/mol. The van der Waals surface area contributed by atoms with Gasteiger partial charge in [-0.15, -0.1) is 0 Å². The molecule has 1 saturated heterocycles. The zero-order valence-electron chi connectivity index (χ0n) is 11.8. The van der Waals surface area contributed by atoms with E-state index in [0.29, 0.717) is 24.8 Å². The third-order valence-electron chi connectivity index (χ3n) is 3.45. The highest BCUT2D eigenvalue weighted by molar-refractivity contribution is 5.91. The minimum absolute atomic E-state index is 0.0561. The summed E-state index contributed by atoms with van der Waals surface area (Å²) < 4.78 is 10.0. The fourth-order valence-corrected chi connectivity index (χ4v) is 2.30. The topological polar surface area (TPSA) is 90.7 Å². The number of nitro groups is 1. The summed E-state index contributed by atoms with van der Waals surface area (Å²) in [4.78, 5) is 22.1. The fourth-order valence-electron chi connectivity index (χ4n) is 2.30. The van der Waals surface area contributed by atoms with Crippen molar-refractivity contribution in [3.8, 4) is 0 Å². The number of nitrogens with zero attached hydrogens (tertiary/aromatic N) is 1. The first-order valence-corrected chi connectivity index (χ1v) is 6.80. The number of nitrogens with one attached hydrogen (secondary N) is 1. The van der Waals surface area contributed by atoms with Crippen LogP contribution in [0.25, 0.3) is 0 Å². The number of ether oxygens (including phenoxy) is 2. The highest BCUT2D eigenvalue weighted by atomic mass is 16.6. The van der Waals surface area contributed by atoms with Crippen molar-refractivity contribution in [2.75, 3.05) is 32.2 Å². The second kappa shape index (κ2) is 7.03. The quantitative estimate of drug-likeness (QED) is 0.508. The molecule has 7 nitrogen and oxygen atoms in total. The molecule has 1 heterocycles. The van der Waals surface area contributed by atoms with E-state index in [1.165, 1.54) is 25.3 Å². The van der Waals surface area contributed by atoms with Crippen molar-refractivity contribution < 1.29 is 19.2 Å². The van der Waals surface area contributed by atoms with Crippen LogP contribution in [-0.4, -0.2) is 37.8 Å². The molecule has 2 rings (SSSR count). The summed E-state index contributed by atoms with van der Waals surface area (Å²) in [6.45, 7) is 2.00. The maximum Gasteiger partial charge on any atom is 0.337 e. The van der Waals surface area contributed by atoms with Gasteiger partial charge < -0.3 is 14.8 Å². The van der Waals surface area contributed by atoms with Gasteiger partial charge in [0, 0.05) is 19.2 Å². The molecular weight excluding hydrogens is 276 g/mol. The zero-order chi connectivity index (χ0) is 15.2. The molecular formula is C14H18N2O5. The molecule has 1 unspecified atom stereocenters. The smallest absolute Gasteiger partial charge is 0.337 e. The van der Waals surface area contributed by atoms with Gasteiger partial charge in [0.25, 0.3) is 5.69 Å². The second-order valence-corrected chi connectivity index (χ2v) is 4.94. The van der Waals surface area contributed by atoms with Crippen LogP contribution in [-0.2, 0) is 9.47 Å². The molecule has 1 aromatic rings. The van der Waals surface area contributed by atoms with Crippen molar-refractivity contribution in [3.05, 3.63) is 33.9 Å². The maximum absolute atomic E-state index is 11.5. The van der Waals surface area contributed by atoms with Gasteiger partial charge in [0.1, 0.15) is 5.69 Å². The fraction of sp³-hybridized carbons (Fsp3) is 0.500. The first-order chi connectivity index (χ1) is 10.1. The zero-order valence-corrected chi connectivity index (χ0v) is 11.8. The first-order valence-electron chi connectivity index (χ1n) is 6.80. The molecule has 1 aliphatic heterocycles. The SMILES string of the molecule is COC(=O)c1ccc([N+](=O)[O-])c(NCC2CCCOC2)c1. The molecule has 0 saturated carbocycles. The van der Waals surface area contributed by atoms with Crippen LogP contribution < -0.4 is 5.32 Å². The van der Waals surface area contributed by atoms with Gasteiger partial charge in [-0.2, -0.15) is 0 Å². The number of benzene rings is 1. The number of carbonyl (C=O) groups excluding carboxylic acids is 1. The predicted molar refractivity (Wildman–Crippen MR) is 76.5 cm³/mol. The van der Waals surface area contributed by atoms with Crippen LogP contribution in [0.1, 0.15) is 23.2 Å². The first kappa shape index (κ1) is 15.2. The highest BCUT2D eigenvalue weighted by Crippen LogP contribution is 2.26. The molecule has 0 amide bonds.